The van der Waals surface area contributed by atoms with Crippen LogP contribution in [-0.2, 0) is 31.3 Å². The van der Waals surface area contributed by atoms with Crippen LogP contribution in [-0.4, -0.2) is 55.8 Å². The molecule has 0 N–H and O–H groups in total. The lowest BCUT2D eigenvalue weighted by molar-refractivity contribution is -0.140. The number of imidazole rings is 1. The predicted molar refractivity (Wildman–Crippen MR) is 169 cm³/mol. The van der Waals surface area contributed by atoms with Crippen LogP contribution in [0.2, 0.25) is 25.7 Å². The molecule has 0 spiro atoms. The van der Waals surface area contributed by atoms with Crippen molar-refractivity contribution in [1.82, 2.24) is 34.1 Å². The Kier molecular flexibility index (Phi) is 8.59. The van der Waals surface area contributed by atoms with E-state index < -0.39 is 19.9 Å². The first-order valence-corrected chi connectivity index (χ1v) is 18.8. The Balaban J connectivity index is 1.31. The minimum atomic E-state index is -4.52. The Labute approximate surface area is 265 Å². The Morgan fingerprint density at radius 1 is 0.978 bits per heavy atom. The molecule has 5 aromatic rings. The summed E-state index contributed by atoms with van der Waals surface area (Å²) in [5.41, 5.74) is 3.28. The molecule has 0 saturated heterocycles. The Morgan fingerprint density at radius 3 is 2.39 bits per heavy atom. The van der Waals surface area contributed by atoms with Crippen LogP contribution >= 0.6 is 0 Å². The van der Waals surface area contributed by atoms with Crippen molar-refractivity contribution >= 4 is 19.1 Å². The first kappa shape index (κ1) is 31.7. The van der Waals surface area contributed by atoms with Crippen molar-refractivity contribution in [2.45, 2.75) is 64.0 Å². The van der Waals surface area contributed by atoms with E-state index >= 15 is 0 Å². The number of fused-ring (bicyclic) bond motifs is 1. The van der Waals surface area contributed by atoms with E-state index in [4.69, 9.17) is 24.2 Å². The van der Waals surface area contributed by atoms with Crippen molar-refractivity contribution in [1.29, 1.82) is 0 Å². The van der Waals surface area contributed by atoms with Gasteiger partial charge in [-0.05, 0) is 30.5 Å². The van der Waals surface area contributed by atoms with Gasteiger partial charge in [0, 0.05) is 45.6 Å². The molecule has 0 radical (unpaired) electrons. The molecule has 1 fully saturated rings. The fourth-order valence-corrected chi connectivity index (χ4v) is 5.88. The molecule has 0 atom stereocenters. The summed E-state index contributed by atoms with van der Waals surface area (Å²) in [5, 5.41) is 0. The molecular formula is C32H36F3N7O3Si. The second-order valence-corrected chi connectivity index (χ2v) is 18.3. The molecule has 10 nitrogen and oxygen atoms in total. The van der Waals surface area contributed by atoms with Crippen LogP contribution < -0.4 is 9.47 Å². The summed E-state index contributed by atoms with van der Waals surface area (Å²) in [6.07, 6.45) is 1.92. The van der Waals surface area contributed by atoms with E-state index in [2.05, 4.69) is 34.6 Å². The molecule has 0 amide bonds. The van der Waals surface area contributed by atoms with E-state index in [1.54, 1.807) is 31.4 Å². The number of hydrogen-bond acceptors (Lipinski definition) is 8. The first-order chi connectivity index (χ1) is 21.9. The van der Waals surface area contributed by atoms with Gasteiger partial charge in [-0.2, -0.15) is 18.2 Å². The smallest absolute Gasteiger partial charge is 0.434 e. The molecular weight excluding hydrogens is 615 g/mol. The summed E-state index contributed by atoms with van der Waals surface area (Å²) in [6.45, 7) is 8.05. The third-order valence-corrected chi connectivity index (χ3v) is 9.49. The number of hydrogen-bond donors (Lipinski definition) is 0. The van der Waals surface area contributed by atoms with E-state index in [1.165, 1.54) is 17.9 Å². The molecule has 242 valence electrons. The number of benzene rings is 1. The molecule has 1 saturated carbocycles. The topological polar surface area (TPSA) is 102 Å². The van der Waals surface area contributed by atoms with Gasteiger partial charge in [0.25, 0.3) is 0 Å². The Bertz CT molecular complexity index is 1850. The van der Waals surface area contributed by atoms with Crippen LogP contribution in [0.4, 0.5) is 13.2 Å². The Hall–Kier alpha value is -4.30. The zero-order chi connectivity index (χ0) is 32.6. The molecule has 1 aliphatic rings. The second kappa shape index (κ2) is 12.5. The molecule has 0 bridgehead atoms. The SMILES string of the molecule is COc1ncnc(C2CC2)c1-c1nc(OCc2ccc(-c3nc(C(F)(F)F)cn3C)cc2)c2c(ccn2COCC[Si](C)(C)C)n1. The average molecular weight is 652 g/mol. The van der Waals surface area contributed by atoms with Gasteiger partial charge in [0.1, 0.15) is 36.6 Å². The summed E-state index contributed by atoms with van der Waals surface area (Å²) < 4.78 is 60.9. The summed E-state index contributed by atoms with van der Waals surface area (Å²) in [6, 6.07) is 10.00. The monoisotopic (exact) mass is 651 g/mol. The van der Waals surface area contributed by atoms with Gasteiger partial charge >= 0.3 is 6.18 Å². The highest BCUT2D eigenvalue weighted by molar-refractivity contribution is 6.76. The molecule has 14 heteroatoms. The summed E-state index contributed by atoms with van der Waals surface area (Å²) in [5.74, 6) is 1.68. The minimum absolute atomic E-state index is 0.153. The lowest BCUT2D eigenvalue weighted by Gasteiger charge is -2.16. The first-order valence-electron chi connectivity index (χ1n) is 15.1. The number of methoxy groups -OCH3 is 1. The van der Waals surface area contributed by atoms with Crippen molar-refractivity contribution in [2.24, 2.45) is 7.05 Å². The van der Waals surface area contributed by atoms with Crippen molar-refractivity contribution in [3.63, 3.8) is 0 Å². The maximum Gasteiger partial charge on any atom is 0.434 e. The highest BCUT2D eigenvalue weighted by Crippen LogP contribution is 2.45. The number of alkyl halides is 3. The number of aromatic nitrogens is 7. The van der Waals surface area contributed by atoms with Gasteiger partial charge in [0.05, 0.1) is 18.3 Å². The van der Waals surface area contributed by atoms with E-state index in [9.17, 15) is 13.2 Å². The summed E-state index contributed by atoms with van der Waals surface area (Å²) in [4.78, 5) is 22.5. The number of aryl methyl sites for hydroxylation is 1. The van der Waals surface area contributed by atoms with Gasteiger partial charge < -0.3 is 23.3 Å². The van der Waals surface area contributed by atoms with Gasteiger partial charge in [-0.15, -0.1) is 0 Å². The molecule has 1 aliphatic carbocycles. The molecule has 0 unspecified atom stereocenters. The van der Waals surface area contributed by atoms with Crippen LogP contribution in [0.3, 0.4) is 0 Å². The fourth-order valence-electron chi connectivity index (χ4n) is 5.12. The van der Waals surface area contributed by atoms with Crippen molar-refractivity contribution < 1.29 is 27.4 Å². The largest absolute Gasteiger partial charge is 0.480 e. The number of halogens is 3. The molecule has 0 aliphatic heterocycles. The van der Waals surface area contributed by atoms with E-state index in [0.717, 1.165) is 36.3 Å². The zero-order valence-electron chi connectivity index (χ0n) is 26.4. The van der Waals surface area contributed by atoms with Gasteiger partial charge in [-0.1, -0.05) is 43.9 Å². The van der Waals surface area contributed by atoms with Gasteiger partial charge in [-0.25, -0.2) is 19.9 Å². The van der Waals surface area contributed by atoms with Crippen molar-refractivity contribution in [3.05, 3.63) is 66.0 Å². The quantitative estimate of drug-likeness (QED) is 0.104. The van der Waals surface area contributed by atoms with Crippen LogP contribution in [0.25, 0.3) is 33.8 Å². The minimum Gasteiger partial charge on any atom is -0.480 e. The second-order valence-electron chi connectivity index (χ2n) is 12.7. The van der Waals surface area contributed by atoms with Crippen LogP contribution in [0.1, 0.15) is 35.7 Å². The molecule has 4 aromatic heterocycles. The predicted octanol–water partition coefficient (Wildman–Crippen LogP) is 7.08. The number of nitrogens with zero attached hydrogens (tertiary/aromatic N) is 7. The maximum absolute atomic E-state index is 13.2. The van der Waals surface area contributed by atoms with Crippen LogP contribution in [0.15, 0.2) is 49.1 Å². The molecule has 4 heterocycles. The van der Waals surface area contributed by atoms with E-state index in [-0.39, 0.29) is 12.4 Å². The standard InChI is InChI=1S/C32H36F3N7O3Si/c1-41-16-24(32(33,34)35)39-29(41)22-8-6-20(7-9-22)17-45-31-27-23(12-13-42(27)19-44-14-15-46(3,4)5)38-28(40-31)25-26(21-10-11-21)36-18-37-30(25)43-2/h6-9,12-13,16,18,21H,10-11,14-15,17,19H2,1-5H3. The molecule has 46 heavy (non-hydrogen) atoms. The van der Waals surface area contributed by atoms with E-state index in [1.807, 2.05) is 16.8 Å². The third kappa shape index (κ3) is 6.92. The maximum atomic E-state index is 13.2. The lowest BCUT2D eigenvalue weighted by atomic mass is 10.1. The number of ether oxygens (including phenoxy) is 3. The van der Waals surface area contributed by atoms with Crippen LogP contribution in [0.5, 0.6) is 11.8 Å². The highest BCUT2D eigenvalue weighted by Gasteiger charge is 2.35. The summed E-state index contributed by atoms with van der Waals surface area (Å²) >= 11 is 0. The lowest BCUT2D eigenvalue weighted by Crippen LogP contribution is -2.22. The average Bonchev–Trinajstić information content (AvgIpc) is 3.66. The van der Waals surface area contributed by atoms with Gasteiger partial charge in [0.2, 0.25) is 11.8 Å². The fraction of sp³-hybridized carbons (Fsp3) is 0.406. The zero-order valence-corrected chi connectivity index (χ0v) is 27.4. The van der Waals surface area contributed by atoms with Crippen molar-refractivity contribution in [2.75, 3.05) is 13.7 Å². The number of rotatable bonds is 12. The van der Waals surface area contributed by atoms with Crippen molar-refractivity contribution in [3.8, 4) is 34.5 Å². The van der Waals surface area contributed by atoms with Gasteiger partial charge in [-0.3, -0.25) is 0 Å². The molecule has 1 aromatic carbocycles. The molecule has 6 rings (SSSR count). The highest BCUT2D eigenvalue weighted by atomic mass is 28.3. The third-order valence-electron chi connectivity index (χ3n) is 7.78. The van der Waals surface area contributed by atoms with Crippen LogP contribution in [0, 0.1) is 0 Å². The summed E-state index contributed by atoms with van der Waals surface area (Å²) in [7, 11) is 1.84. The Morgan fingerprint density at radius 2 is 1.74 bits per heavy atom. The van der Waals surface area contributed by atoms with E-state index in [0.29, 0.717) is 59.0 Å². The normalized spacial score (nSPS) is 13.8. The van der Waals surface area contributed by atoms with Gasteiger partial charge in [0.15, 0.2) is 11.5 Å².